The molecule has 0 fully saturated rings. The van der Waals surface area contributed by atoms with Crippen LogP contribution in [0.1, 0.15) is 75.7 Å². The van der Waals surface area contributed by atoms with Crippen molar-refractivity contribution in [1.82, 2.24) is 41.1 Å². The van der Waals surface area contributed by atoms with Gasteiger partial charge in [0.05, 0.1) is 24.2 Å². The lowest BCUT2D eigenvalue weighted by Gasteiger charge is -2.25. The number of aliphatic hydroxyl groups excluding tert-OH is 2. The monoisotopic (exact) mass is 817 g/mol. The number of aryl methyl sites for hydroxylation is 1. The third-order valence-corrected chi connectivity index (χ3v) is 9.92. The number of unbranched alkanes of at least 4 members (excludes halogenated alkanes) is 2. The molecular weight excluding hydrogens is 759 g/mol. The Labute approximate surface area is 343 Å². The maximum Gasteiger partial charge on any atom is 0.245 e. The van der Waals surface area contributed by atoms with Crippen LogP contribution in [0.4, 0.5) is 5.82 Å². The van der Waals surface area contributed by atoms with Crippen LogP contribution in [0.15, 0.2) is 48.5 Å². The lowest BCUT2D eigenvalue weighted by atomic mass is 10.1. The molecule has 0 bridgehead atoms. The highest BCUT2D eigenvalue weighted by atomic mass is 16.3. The number of hydrogen-bond donors (Lipinski definition) is 10. The maximum atomic E-state index is 13.3. The summed E-state index contributed by atoms with van der Waals surface area (Å²) in [7, 11) is 0. The number of anilines is 1. The van der Waals surface area contributed by atoms with Crippen LogP contribution in [-0.2, 0) is 43.5 Å². The fourth-order valence-corrected chi connectivity index (χ4v) is 6.58. The molecule has 18 heteroatoms. The van der Waals surface area contributed by atoms with Gasteiger partial charge in [-0.25, -0.2) is 9.97 Å². The maximum absolute atomic E-state index is 13.3. The van der Waals surface area contributed by atoms with Gasteiger partial charge in [0.1, 0.15) is 35.5 Å². The summed E-state index contributed by atoms with van der Waals surface area (Å²) in [6.45, 7) is 3.42. The minimum Gasteiger partial charge on any atom is -0.394 e. The molecule has 2 aromatic carbocycles. The minimum absolute atomic E-state index is 0.0364. The molecule has 4 unspecified atom stereocenters. The first kappa shape index (κ1) is 46.0. The molecule has 0 aliphatic carbocycles. The molecule has 2 heterocycles. The number of nitrogen functional groups attached to an aromatic ring is 1. The largest absolute Gasteiger partial charge is 0.394 e. The molecule has 0 spiro atoms. The molecule has 2 aromatic heterocycles. The van der Waals surface area contributed by atoms with Gasteiger partial charge in [-0.2, -0.15) is 0 Å². The first-order chi connectivity index (χ1) is 28.5. The Bertz CT molecular complexity index is 2040. The summed E-state index contributed by atoms with van der Waals surface area (Å²) < 4.78 is 2.20. The Kier molecular flexibility index (Phi) is 18.0. The standard InChI is InChI=1S/C41H59N11O7/c1-3-5-13-33-51-35-36(27-10-6-7-11-29(27)47-37(35)44)52(33)22-26-16-14-25(15-17-26)21-45-38(56)28(4-2)48-41(59)32(24-54)50-39(57)30(12-8-9-19-42)49-40(58)31(23-53)46-34(55)18-20-43/h6-7,10-11,14-17,28,30-32,53-54H,3-5,8-9,12-13,18-24,42-43H2,1-2H3,(H2,44,47)(H,45,56)(H,46,55)(H,48,59)(H,49,58)(H,50,57). The average Bonchev–Trinajstić information content (AvgIpc) is 3.60. The van der Waals surface area contributed by atoms with E-state index in [0.29, 0.717) is 37.3 Å². The van der Waals surface area contributed by atoms with Gasteiger partial charge in [0, 0.05) is 37.9 Å². The highest BCUT2D eigenvalue weighted by Gasteiger charge is 2.30. The molecule has 0 saturated heterocycles. The minimum atomic E-state index is -1.45. The van der Waals surface area contributed by atoms with Gasteiger partial charge in [-0.1, -0.05) is 62.7 Å². The number of amides is 5. The molecular formula is C41H59N11O7. The first-order valence-electron chi connectivity index (χ1n) is 20.2. The number of nitrogens with one attached hydrogen (secondary N) is 5. The molecule has 4 aromatic rings. The summed E-state index contributed by atoms with van der Waals surface area (Å²) in [6.07, 6.45) is 4.02. The quantitative estimate of drug-likeness (QED) is 0.0418. The van der Waals surface area contributed by atoms with Crippen molar-refractivity contribution in [1.29, 1.82) is 0 Å². The van der Waals surface area contributed by atoms with Crippen molar-refractivity contribution in [2.24, 2.45) is 11.5 Å². The second-order valence-corrected chi connectivity index (χ2v) is 14.4. The summed E-state index contributed by atoms with van der Waals surface area (Å²) >= 11 is 0. The number of imidazole rings is 1. The summed E-state index contributed by atoms with van der Waals surface area (Å²) in [4.78, 5) is 74.2. The number of para-hydroxylation sites is 1. The van der Waals surface area contributed by atoms with E-state index in [4.69, 9.17) is 22.2 Å². The molecule has 18 nitrogen and oxygen atoms in total. The molecule has 0 aliphatic rings. The molecule has 4 atom stereocenters. The van der Waals surface area contributed by atoms with Gasteiger partial charge in [-0.15, -0.1) is 0 Å². The van der Waals surface area contributed by atoms with Crippen molar-refractivity contribution >= 4 is 57.3 Å². The van der Waals surface area contributed by atoms with Crippen molar-refractivity contribution in [3.63, 3.8) is 0 Å². The molecule has 0 saturated carbocycles. The third kappa shape index (κ3) is 12.6. The second-order valence-electron chi connectivity index (χ2n) is 14.4. The van der Waals surface area contributed by atoms with E-state index in [0.717, 1.165) is 52.6 Å². The van der Waals surface area contributed by atoms with Gasteiger partial charge in [0.25, 0.3) is 0 Å². The van der Waals surface area contributed by atoms with Crippen molar-refractivity contribution in [2.45, 2.75) is 102 Å². The molecule has 59 heavy (non-hydrogen) atoms. The predicted molar refractivity (Wildman–Crippen MR) is 224 cm³/mol. The zero-order valence-corrected chi connectivity index (χ0v) is 33.8. The van der Waals surface area contributed by atoms with Crippen LogP contribution in [0.2, 0.25) is 0 Å². The van der Waals surface area contributed by atoms with Gasteiger partial charge < -0.3 is 58.6 Å². The lowest BCUT2D eigenvalue weighted by molar-refractivity contribution is -0.135. The van der Waals surface area contributed by atoms with Crippen molar-refractivity contribution in [3.8, 4) is 0 Å². The number of hydrogen-bond acceptors (Lipinski definition) is 12. The number of carbonyl (C=O) groups excluding carboxylic acids is 5. The van der Waals surface area contributed by atoms with Crippen molar-refractivity contribution in [3.05, 3.63) is 65.5 Å². The van der Waals surface area contributed by atoms with Gasteiger partial charge in [-0.05, 0) is 55.8 Å². The topological polar surface area (TPSA) is 295 Å². The number of aromatic nitrogens is 3. The summed E-state index contributed by atoms with van der Waals surface area (Å²) in [5.74, 6) is -2.11. The molecule has 0 aliphatic heterocycles. The Balaban J connectivity index is 1.37. The fraction of sp³-hybridized carbons (Fsp3) is 0.488. The van der Waals surface area contributed by atoms with Gasteiger partial charge in [0.15, 0.2) is 5.82 Å². The molecule has 5 amide bonds. The van der Waals surface area contributed by atoms with E-state index in [-0.39, 0.29) is 32.4 Å². The number of nitrogens with zero attached hydrogens (tertiary/aromatic N) is 3. The number of rotatable bonds is 24. The fourth-order valence-electron chi connectivity index (χ4n) is 6.58. The Morgan fingerprint density at radius 1 is 0.729 bits per heavy atom. The number of pyridine rings is 1. The zero-order chi connectivity index (χ0) is 42.9. The normalized spacial score (nSPS) is 13.3. The molecule has 0 radical (unpaired) electrons. The van der Waals surface area contributed by atoms with E-state index in [1.165, 1.54) is 0 Å². The van der Waals surface area contributed by atoms with Crippen molar-refractivity contribution in [2.75, 3.05) is 32.0 Å². The smallest absolute Gasteiger partial charge is 0.245 e. The highest BCUT2D eigenvalue weighted by molar-refractivity contribution is 6.06. The zero-order valence-electron chi connectivity index (χ0n) is 33.8. The number of carbonyl (C=O) groups is 5. The predicted octanol–water partition coefficient (Wildman–Crippen LogP) is -0.0146. The van der Waals surface area contributed by atoms with Crippen molar-refractivity contribution < 1.29 is 34.2 Å². The van der Waals surface area contributed by atoms with Crippen LogP contribution >= 0.6 is 0 Å². The Morgan fingerprint density at radius 2 is 1.36 bits per heavy atom. The van der Waals surface area contributed by atoms with Gasteiger partial charge in [0.2, 0.25) is 29.5 Å². The average molecular weight is 818 g/mol. The highest BCUT2D eigenvalue weighted by Crippen LogP contribution is 2.30. The van der Waals surface area contributed by atoms with E-state index in [9.17, 15) is 34.2 Å². The van der Waals surface area contributed by atoms with E-state index in [1.807, 2.05) is 48.5 Å². The van der Waals surface area contributed by atoms with Gasteiger partial charge in [-0.3, -0.25) is 24.0 Å². The third-order valence-electron chi connectivity index (χ3n) is 9.92. The number of benzene rings is 2. The lowest BCUT2D eigenvalue weighted by Crippen LogP contribution is -2.59. The second kappa shape index (κ2) is 23.0. The molecule has 320 valence electrons. The molecule has 13 N–H and O–H groups in total. The van der Waals surface area contributed by atoms with Crippen LogP contribution in [0.3, 0.4) is 0 Å². The van der Waals surface area contributed by atoms with Crippen LogP contribution in [0.25, 0.3) is 21.9 Å². The summed E-state index contributed by atoms with van der Waals surface area (Å²) in [5.41, 5.74) is 21.6. The Morgan fingerprint density at radius 3 is 2.00 bits per heavy atom. The van der Waals surface area contributed by atoms with E-state index in [2.05, 4.69) is 43.1 Å². The van der Waals surface area contributed by atoms with Crippen LogP contribution in [-0.4, -0.2) is 105 Å². The van der Waals surface area contributed by atoms with E-state index >= 15 is 0 Å². The summed E-state index contributed by atoms with van der Waals surface area (Å²) in [5, 5.41) is 33.5. The van der Waals surface area contributed by atoms with Crippen LogP contribution in [0, 0.1) is 0 Å². The number of nitrogens with two attached hydrogens (primary N) is 3. The number of aliphatic hydroxyl groups is 2. The molecule has 4 rings (SSSR count). The first-order valence-corrected chi connectivity index (χ1v) is 20.2. The van der Waals surface area contributed by atoms with Gasteiger partial charge >= 0.3 is 0 Å². The van der Waals surface area contributed by atoms with Crippen LogP contribution in [0.5, 0.6) is 0 Å². The SMILES string of the molecule is CCCCc1nc2c(N)nc3ccccc3c2n1Cc1ccc(CNC(=O)C(CC)NC(=O)C(CO)NC(=O)C(CCCCN)NC(=O)C(CO)NC(=O)CCN)cc1. The van der Waals surface area contributed by atoms with Crippen LogP contribution < -0.4 is 43.8 Å². The van der Waals surface area contributed by atoms with E-state index in [1.54, 1.807) is 6.92 Å². The number of fused-ring (bicyclic) bond motifs is 3. The summed E-state index contributed by atoms with van der Waals surface area (Å²) in [6, 6.07) is 10.7. The van der Waals surface area contributed by atoms with E-state index < -0.39 is 66.9 Å². The Hall–Kier alpha value is -5.69.